The average molecular weight is 293 g/mol. The fourth-order valence-electron chi connectivity index (χ4n) is 3.90. The van der Waals surface area contributed by atoms with E-state index in [9.17, 15) is 9.59 Å². The maximum atomic E-state index is 12.5. The van der Waals surface area contributed by atoms with Crippen molar-refractivity contribution in [3.8, 4) is 0 Å². The molecule has 1 saturated carbocycles. The molecule has 2 atom stereocenters. The molecular weight excluding hydrogens is 266 g/mol. The van der Waals surface area contributed by atoms with Gasteiger partial charge in [-0.1, -0.05) is 19.3 Å². The zero-order chi connectivity index (χ0) is 14.7. The highest BCUT2D eigenvalue weighted by Crippen LogP contribution is 2.26. The van der Waals surface area contributed by atoms with Gasteiger partial charge >= 0.3 is 0 Å². The second-order valence-electron chi connectivity index (χ2n) is 6.76. The minimum Gasteiger partial charge on any atom is -0.350 e. The lowest BCUT2D eigenvalue weighted by Crippen LogP contribution is -2.46. The van der Waals surface area contributed by atoms with E-state index in [2.05, 4.69) is 10.6 Å². The second-order valence-corrected chi connectivity index (χ2v) is 6.76. The Morgan fingerprint density at radius 1 is 1.00 bits per heavy atom. The van der Waals surface area contributed by atoms with E-state index in [0.29, 0.717) is 12.5 Å². The summed E-state index contributed by atoms with van der Waals surface area (Å²) in [5.74, 6) is 0.680. The molecule has 3 fully saturated rings. The highest BCUT2D eigenvalue weighted by Gasteiger charge is 2.33. The van der Waals surface area contributed by atoms with Gasteiger partial charge < -0.3 is 15.5 Å². The molecule has 2 N–H and O–H groups in total. The van der Waals surface area contributed by atoms with Gasteiger partial charge in [0, 0.05) is 25.0 Å². The fraction of sp³-hybridized carbons (Fsp3) is 0.875. The van der Waals surface area contributed by atoms with Crippen molar-refractivity contribution in [1.82, 2.24) is 15.5 Å². The normalized spacial score (nSPS) is 30.6. The standard InChI is InChI=1S/C16H27N3O2/c20-15(14-7-4-9-17-14)18-13-8-10-19(11-13)16(21)12-5-2-1-3-6-12/h12-14,17H,1-11H2,(H,18,20). The number of likely N-dealkylation sites (tertiary alicyclic amines) is 1. The summed E-state index contributed by atoms with van der Waals surface area (Å²) >= 11 is 0. The lowest BCUT2D eigenvalue weighted by molar-refractivity contribution is -0.135. The van der Waals surface area contributed by atoms with Crippen molar-refractivity contribution in [3.63, 3.8) is 0 Å². The number of rotatable bonds is 3. The second kappa shape index (κ2) is 6.77. The zero-order valence-corrected chi connectivity index (χ0v) is 12.8. The lowest BCUT2D eigenvalue weighted by Gasteiger charge is -2.26. The molecular formula is C16H27N3O2. The number of hydrogen-bond donors (Lipinski definition) is 2. The molecule has 2 saturated heterocycles. The molecule has 21 heavy (non-hydrogen) atoms. The smallest absolute Gasteiger partial charge is 0.237 e. The summed E-state index contributed by atoms with van der Waals surface area (Å²) in [7, 11) is 0. The van der Waals surface area contributed by atoms with E-state index in [1.54, 1.807) is 0 Å². The van der Waals surface area contributed by atoms with Crippen molar-refractivity contribution in [2.45, 2.75) is 63.5 Å². The van der Waals surface area contributed by atoms with E-state index in [4.69, 9.17) is 0 Å². The Hall–Kier alpha value is -1.10. The molecule has 0 bridgehead atoms. The summed E-state index contributed by atoms with van der Waals surface area (Å²) in [6.07, 6.45) is 8.68. The van der Waals surface area contributed by atoms with Crippen LogP contribution in [0.3, 0.4) is 0 Å². The van der Waals surface area contributed by atoms with Crippen molar-refractivity contribution >= 4 is 11.8 Å². The van der Waals surface area contributed by atoms with Gasteiger partial charge in [-0.2, -0.15) is 0 Å². The van der Waals surface area contributed by atoms with Gasteiger partial charge in [-0.3, -0.25) is 9.59 Å². The molecule has 2 amide bonds. The Morgan fingerprint density at radius 3 is 2.52 bits per heavy atom. The Kier molecular flexibility index (Phi) is 4.78. The van der Waals surface area contributed by atoms with E-state index in [1.165, 1.54) is 19.3 Å². The lowest BCUT2D eigenvalue weighted by atomic mass is 9.88. The minimum atomic E-state index is -0.0203. The van der Waals surface area contributed by atoms with Crippen LogP contribution in [0, 0.1) is 5.92 Å². The number of carbonyl (C=O) groups is 2. The van der Waals surface area contributed by atoms with Gasteiger partial charge in [-0.05, 0) is 38.6 Å². The summed E-state index contributed by atoms with van der Waals surface area (Å²) in [5.41, 5.74) is 0. The maximum Gasteiger partial charge on any atom is 0.237 e. The quantitative estimate of drug-likeness (QED) is 0.817. The maximum absolute atomic E-state index is 12.5. The van der Waals surface area contributed by atoms with Gasteiger partial charge in [-0.15, -0.1) is 0 Å². The van der Waals surface area contributed by atoms with Crippen LogP contribution in [0.2, 0.25) is 0 Å². The molecule has 118 valence electrons. The van der Waals surface area contributed by atoms with E-state index in [0.717, 1.165) is 45.2 Å². The van der Waals surface area contributed by atoms with Crippen LogP contribution in [0.4, 0.5) is 0 Å². The molecule has 0 aromatic heterocycles. The molecule has 3 aliphatic rings. The largest absolute Gasteiger partial charge is 0.350 e. The first-order valence-electron chi connectivity index (χ1n) is 8.56. The van der Waals surface area contributed by atoms with Gasteiger partial charge in [0.2, 0.25) is 11.8 Å². The SMILES string of the molecule is O=C(NC1CCN(C(=O)C2CCCCC2)C1)C1CCCN1. The van der Waals surface area contributed by atoms with Gasteiger partial charge in [0.1, 0.15) is 0 Å². The molecule has 3 rings (SSSR count). The highest BCUT2D eigenvalue weighted by molar-refractivity contribution is 5.83. The van der Waals surface area contributed by atoms with Crippen molar-refractivity contribution in [2.24, 2.45) is 5.92 Å². The first-order chi connectivity index (χ1) is 10.2. The van der Waals surface area contributed by atoms with Crippen LogP contribution in [0.15, 0.2) is 0 Å². The number of nitrogens with zero attached hydrogens (tertiary/aromatic N) is 1. The van der Waals surface area contributed by atoms with Crippen LogP contribution in [0.25, 0.3) is 0 Å². The Morgan fingerprint density at radius 2 is 1.81 bits per heavy atom. The third kappa shape index (κ3) is 3.57. The number of amides is 2. The van der Waals surface area contributed by atoms with E-state index in [1.807, 2.05) is 4.90 Å². The Balaban J connectivity index is 1.46. The fourth-order valence-corrected chi connectivity index (χ4v) is 3.90. The minimum absolute atomic E-state index is 0.0203. The average Bonchev–Trinajstić information content (AvgIpc) is 3.19. The molecule has 2 aliphatic heterocycles. The number of carbonyl (C=O) groups excluding carboxylic acids is 2. The van der Waals surface area contributed by atoms with Gasteiger partial charge in [0.15, 0.2) is 0 Å². The Bertz CT molecular complexity index is 387. The van der Waals surface area contributed by atoms with Gasteiger partial charge in [-0.25, -0.2) is 0 Å². The summed E-state index contributed by atoms with van der Waals surface area (Å²) in [6.45, 7) is 2.45. The monoisotopic (exact) mass is 293 g/mol. The van der Waals surface area contributed by atoms with E-state index >= 15 is 0 Å². The molecule has 2 unspecified atom stereocenters. The molecule has 2 heterocycles. The van der Waals surface area contributed by atoms with Crippen molar-refractivity contribution in [1.29, 1.82) is 0 Å². The van der Waals surface area contributed by atoms with Crippen LogP contribution in [-0.4, -0.2) is 48.4 Å². The third-order valence-electron chi connectivity index (χ3n) is 5.18. The molecule has 0 aromatic carbocycles. The number of nitrogens with one attached hydrogen (secondary N) is 2. The van der Waals surface area contributed by atoms with Crippen LogP contribution >= 0.6 is 0 Å². The Labute approximate surface area is 126 Å². The van der Waals surface area contributed by atoms with Crippen molar-refractivity contribution in [2.75, 3.05) is 19.6 Å². The number of hydrogen-bond acceptors (Lipinski definition) is 3. The molecule has 5 heteroatoms. The van der Waals surface area contributed by atoms with E-state index < -0.39 is 0 Å². The van der Waals surface area contributed by atoms with Crippen molar-refractivity contribution in [3.05, 3.63) is 0 Å². The molecule has 5 nitrogen and oxygen atoms in total. The van der Waals surface area contributed by atoms with Gasteiger partial charge in [0.05, 0.1) is 6.04 Å². The van der Waals surface area contributed by atoms with E-state index in [-0.39, 0.29) is 23.9 Å². The summed E-state index contributed by atoms with van der Waals surface area (Å²) in [5, 5.41) is 6.34. The first-order valence-corrected chi connectivity index (χ1v) is 8.56. The predicted molar refractivity (Wildman–Crippen MR) is 80.7 cm³/mol. The van der Waals surface area contributed by atoms with Crippen LogP contribution in [-0.2, 0) is 9.59 Å². The summed E-state index contributed by atoms with van der Waals surface area (Å²) in [4.78, 5) is 26.6. The molecule has 0 radical (unpaired) electrons. The highest BCUT2D eigenvalue weighted by atomic mass is 16.2. The van der Waals surface area contributed by atoms with Crippen LogP contribution < -0.4 is 10.6 Å². The molecule has 1 aliphatic carbocycles. The van der Waals surface area contributed by atoms with Crippen molar-refractivity contribution < 1.29 is 9.59 Å². The zero-order valence-electron chi connectivity index (χ0n) is 12.8. The van der Waals surface area contributed by atoms with Gasteiger partial charge in [0.25, 0.3) is 0 Å². The summed E-state index contributed by atoms with van der Waals surface area (Å²) < 4.78 is 0. The van der Waals surface area contributed by atoms with Crippen LogP contribution in [0.5, 0.6) is 0 Å². The third-order valence-corrected chi connectivity index (χ3v) is 5.18. The molecule has 0 spiro atoms. The summed E-state index contributed by atoms with van der Waals surface area (Å²) in [6, 6.07) is 0.125. The molecule has 0 aromatic rings. The van der Waals surface area contributed by atoms with Crippen LogP contribution in [0.1, 0.15) is 51.4 Å². The topological polar surface area (TPSA) is 61.4 Å². The first kappa shape index (κ1) is 14.8. The predicted octanol–water partition coefficient (Wildman–Crippen LogP) is 1.04.